The van der Waals surface area contributed by atoms with Crippen molar-refractivity contribution < 1.29 is 0 Å². The fourth-order valence-corrected chi connectivity index (χ4v) is 1.60. The molecule has 1 aromatic carbocycles. The van der Waals surface area contributed by atoms with Crippen molar-refractivity contribution in [1.82, 2.24) is 4.90 Å². The number of benzene rings is 1. The number of rotatable bonds is 5. The molecule has 0 fully saturated rings. The van der Waals surface area contributed by atoms with E-state index in [0.29, 0.717) is 0 Å². The van der Waals surface area contributed by atoms with Crippen LogP contribution in [0.2, 0.25) is 0 Å². The van der Waals surface area contributed by atoms with Gasteiger partial charge in [0.25, 0.3) is 0 Å². The third-order valence-corrected chi connectivity index (χ3v) is 2.50. The van der Waals surface area contributed by atoms with Gasteiger partial charge in [0.15, 0.2) is 0 Å². The van der Waals surface area contributed by atoms with Crippen LogP contribution in [0.1, 0.15) is 24.5 Å². The normalized spacial score (nSPS) is 10.1. The summed E-state index contributed by atoms with van der Waals surface area (Å²) in [5.41, 5.74) is 3.13. The van der Waals surface area contributed by atoms with Gasteiger partial charge in [-0.15, -0.1) is 0 Å². The Morgan fingerprint density at radius 2 is 2.25 bits per heavy atom. The van der Waals surface area contributed by atoms with Gasteiger partial charge in [0.2, 0.25) is 0 Å². The van der Waals surface area contributed by atoms with Crippen molar-refractivity contribution in [3.05, 3.63) is 47.5 Å². The molecule has 0 heterocycles. The first kappa shape index (κ1) is 12.5. The second kappa shape index (κ2) is 6.09. The van der Waals surface area contributed by atoms with Gasteiger partial charge in [0.1, 0.15) is 0 Å². The van der Waals surface area contributed by atoms with E-state index in [1.165, 1.54) is 11.1 Å². The highest BCUT2D eigenvalue weighted by atomic mass is 15.1. The Morgan fingerprint density at radius 1 is 1.50 bits per heavy atom. The molecule has 84 valence electrons. The maximum absolute atomic E-state index is 8.80. The first-order valence-corrected chi connectivity index (χ1v) is 5.50. The molecule has 0 spiro atoms. The Hall–Kier alpha value is -1.59. The zero-order chi connectivity index (χ0) is 12.0. The highest BCUT2D eigenvalue weighted by Crippen LogP contribution is 2.08. The molecular weight excluding hydrogens is 196 g/mol. The summed E-state index contributed by atoms with van der Waals surface area (Å²) in [5.74, 6) is 0. The van der Waals surface area contributed by atoms with Crippen LogP contribution in [-0.4, -0.2) is 18.5 Å². The molecule has 1 rings (SSSR count). The van der Waals surface area contributed by atoms with Crippen molar-refractivity contribution >= 4 is 0 Å². The van der Waals surface area contributed by atoms with E-state index in [9.17, 15) is 0 Å². The highest BCUT2D eigenvalue weighted by molar-refractivity contribution is 5.32. The fourth-order valence-electron chi connectivity index (χ4n) is 1.60. The van der Waals surface area contributed by atoms with Crippen LogP contribution >= 0.6 is 0 Å². The summed E-state index contributed by atoms with van der Waals surface area (Å²) in [7, 11) is 2.07. The van der Waals surface area contributed by atoms with E-state index in [-0.39, 0.29) is 0 Å². The SMILES string of the molecule is C=C(CC)CN(C)Cc1cccc(C#N)c1. The van der Waals surface area contributed by atoms with E-state index in [1.54, 1.807) is 0 Å². The lowest BCUT2D eigenvalue weighted by atomic mass is 10.1. The average molecular weight is 214 g/mol. The smallest absolute Gasteiger partial charge is 0.0991 e. The van der Waals surface area contributed by atoms with Crippen molar-refractivity contribution in [2.24, 2.45) is 0 Å². The minimum absolute atomic E-state index is 0.722. The van der Waals surface area contributed by atoms with Crippen molar-refractivity contribution in [3.63, 3.8) is 0 Å². The summed E-state index contributed by atoms with van der Waals surface area (Å²) < 4.78 is 0. The van der Waals surface area contributed by atoms with Crippen LogP contribution in [0.25, 0.3) is 0 Å². The quantitative estimate of drug-likeness (QED) is 0.705. The lowest BCUT2D eigenvalue weighted by Gasteiger charge is -2.17. The maximum atomic E-state index is 8.80. The molecule has 0 aromatic heterocycles. The minimum atomic E-state index is 0.722. The molecule has 0 aliphatic rings. The third kappa shape index (κ3) is 3.88. The van der Waals surface area contributed by atoms with Crippen LogP contribution in [0.5, 0.6) is 0 Å². The van der Waals surface area contributed by atoms with Crippen LogP contribution in [0, 0.1) is 11.3 Å². The van der Waals surface area contributed by atoms with Gasteiger partial charge in [-0.2, -0.15) is 5.26 Å². The Balaban J connectivity index is 2.59. The Bertz CT molecular complexity index is 401. The zero-order valence-electron chi connectivity index (χ0n) is 10.0. The zero-order valence-corrected chi connectivity index (χ0v) is 10.0. The first-order valence-electron chi connectivity index (χ1n) is 5.50. The van der Waals surface area contributed by atoms with Gasteiger partial charge >= 0.3 is 0 Å². The number of hydrogen-bond acceptors (Lipinski definition) is 2. The average Bonchev–Trinajstić information content (AvgIpc) is 2.28. The number of nitriles is 1. The van der Waals surface area contributed by atoms with Gasteiger partial charge in [-0.05, 0) is 31.2 Å². The lowest BCUT2D eigenvalue weighted by Crippen LogP contribution is -2.20. The highest BCUT2D eigenvalue weighted by Gasteiger charge is 2.02. The van der Waals surface area contributed by atoms with Gasteiger partial charge < -0.3 is 0 Å². The second-order valence-corrected chi connectivity index (χ2v) is 4.09. The number of hydrogen-bond donors (Lipinski definition) is 0. The van der Waals surface area contributed by atoms with Crippen LogP contribution in [-0.2, 0) is 6.54 Å². The molecule has 0 saturated carbocycles. The monoisotopic (exact) mass is 214 g/mol. The molecule has 0 unspecified atom stereocenters. The molecule has 0 N–H and O–H groups in total. The largest absolute Gasteiger partial charge is 0.298 e. The molecule has 0 bridgehead atoms. The van der Waals surface area contributed by atoms with E-state index < -0.39 is 0 Å². The van der Waals surface area contributed by atoms with Crippen LogP contribution in [0.4, 0.5) is 0 Å². The summed E-state index contributed by atoms with van der Waals surface area (Å²) in [6.07, 6.45) is 1.02. The molecule has 0 atom stereocenters. The maximum Gasteiger partial charge on any atom is 0.0991 e. The minimum Gasteiger partial charge on any atom is -0.298 e. The van der Waals surface area contributed by atoms with E-state index in [1.807, 2.05) is 24.3 Å². The molecule has 0 amide bonds. The summed E-state index contributed by atoms with van der Waals surface area (Å²) in [5, 5.41) is 8.80. The van der Waals surface area contributed by atoms with Crippen molar-refractivity contribution in [1.29, 1.82) is 5.26 Å². The molecule has 2 heteroatoms. The topological polar surface area (TPSA) is 27.0 Å². The Morgan fingerprint density at radius 3 is 2.88 bits per heavy atom. The van der Waals surface area contributed by atoms with Crippen LogP contribution in [0.15, 0.2) is 36.4 Å². The third-order valence-electron chi connectivity index (χ3n) is 2.50. The van der Waals surface area contributed by atoms with Crippen molar-refractivity contribution in [2.75, 3.05) is 13.6 Å². The first-order chi connectivity index (χ1) is 7.65. The van der Waals surface area contributed by atoms with E-state index >= 15 is 0 Å². The molecule has 0 aliphatic carbocycles. The number of nitrogens with zero attached hydrogens (tertiary/aromatic N) is 2. The van der Waals surface area contributed by atoms with E-state index in [4.69, 9.17) is 5.26 Å². The van der Waals surface area contributed by atoms with E-state index in [0.717, 1.165) is 25.1 Å². The predicted octanol–water partition coefficient (Wildman–Crippen LogP) is 2.96. The molecule has 0 saturated heterocycles. The molecule has 2 nitrogen and oxygen atoms in total. The Labute approximate surface area is 97.8 Å². The van der Waals surface area contributed by atoms with Crippen molar-refractivity contribution in [2.45, 2.75) is 19.9 Å². The van der Waals surface area contributed by atoms with E-state index in [2.05, 4.69) is 31.5 Å². The summed E-state index contributed by atoms with van der Waals surface area (Å²) in [6, 6.07) is 9.89. The molecule has 0 radical (unpaired) electrons. The van der Waals surface area contributed by atoms with Gasteiger partial charge in [-0.3, -0.25) is 4.90 Å². The van der Waals surface area contributed by atoms with Gasteiger partial charge in [-0.1, -0.05) is 31.2 Å². The summed E-state index contributed by atoms with van der Waals surface area (Å²) >= 11 is 0. The molecule has 1 aromatic rings. The standard InChI is InChI=1S/C14H18N2/c1-4-12(2)10-16(3)11-14-7-5-6-13(8-14)9-15/h5-8H,2,4,10-11H2,1,3H3. The van der Waals surface area contributed by atoms with Gasteiger partial charge in [0.05, 0.1) is 11.6 Å². The van der Waals surface area contributed by atoms with Crippen LogP contribution < -0.4 is 0 Å². The molecule has 16 heavy (non-hydrogen) atoms. The molecule has 0 aliphatic heterocycles. The molecular formula is C14H18N2. The second-order valence-electron chi connectivity index (χ2n) is 4.09. The van der Waals surface area contributed by atoms with Crippen molar-refractivity contribution in [3.8, 4) is 6.07 Å². The van der Waals surface area contributed by atoms with Crippen LogP contribution in [0.3, 0.4) is 0 Å². The number of likely N-dealkylation sites (N-methyl/N-ethyl adjacent to an activating group) is 1. The summed E-state index contributed by atoms with van der Waals surface area (Å²) in [6.45, 7) is 7.88. The van der Waals surface area contributed by atoms with Gasteiger partial charge in [0, 0.05) is 13.1 Å². The fraction of sp³-hybridized carbons (Fsp3) is 0.357. The van der Waals surface area contributed by atoms with Gasteiger partial charge in [-0.25, -0.2) is 0 Å². The Kier molecular flexibility index (Phi) is 4.75. The summed E-state index contributed by atoms with van der Waals surface area (Å²) in [4.78, 5) is 2.21. The lowest BCUT2D eigenvalue weighted by molar-refractivity contribution is 0.353. The predicted molar refractivity (Wildman–Crippen MR) is 66.9 cm³/mol.